The van der Waals surface area contributed by atoms with E-state index in [4.69, 9.17) is 9.47 Å². The second kappa shape index (κ2) is 6.60. The highest BCUT2D eigenvalue weighted by molar-refractivity contribution is 5.91. The van der Waals surface area contributed by atoms with Gasteiger partial charge in [-0.3, -0.25) is 0 Å². The molecule has 0 amide bonds. The normalized spacial score (nSPS) is 14.8. The summed E-state index contributed by atoms with van der Waals surface area (Å²) in [6, 6.07) is 11.6. The van der Waals surface area contributed by atoms with Crippen LogP contribution in [-0.2, 0) is 4.74 Å². The van der Waals surface area contributed by atoms with Gasteiger partial charge in [-0.1, -0.05) is 30.3 Å². The molecule has 1 aromatic carbocycles. The fourth-order valence-corrected chi connectivity index (χ4v) is 2.76. The number of ether oxygens (including phenoxy) is 2. The van der Waals surface area contributed by atoms with Crippen LogP contribution >= 0.6 is 0 Å². The first-order valence-corrected chi connectivity index (χ1v) is 7.58. The molecule has 0 saturated heterocycles. The van der Waals surface area contributed by atoms with Crippen LogP contribution in [0.25, 0.3) is 11.1 Å². The van der Waals surface area contributed by atoms with Gasteiger partial charge in [0, 0.05) is 11.8 Å². The van der Waals surface area contributed by atoms with Gasteiger partial charge in [0.1, 0.15) is 6.10 Å². The lowest BCUT2D eigenvalue weighted by atomic mass is 10.1. The number of carbonyl (C=O) groups excluding carboxylic acids is 1. The molecule has 3 rings (SSSR count). The molecule has 0 spiro atoms. The Morgan fingerprint density at radius 1 is 1.18 bits per heavy atom. The minimum Gasteiger partial charge on any atom is -0.474 e. The molecule has 1 aliphatic rings. The third-order valence-corrected chi connectivity index (χ3v) is 3.94. The average molecular weight is 297 g/mol. The number of methoxy groups -OCH3 is 1. The van der Waals surface area contributed by atoms with E-state index in [2.05, 4.69) is 4.98 Å². The molecule has 0 bridgehead atoms. The summed E-state index contributed by atoms with van der Waals surface area (Å²) in [4.78, 5) is 16.1. The van der Waals surface area contributed by atoms with Crippen LogP contribution in [0, 0.1) is 0 Å². The van der Waals surface area contributed by atoms with Gasteiger partial charge in [-0.15, -0.1) is 0 Å². The fourth-order valence-electron chi connectivity index (χ4n) is 2.76. The minimum atomic E-state index is -0.392. The van der Waals surface area contributed by atoms with E-state index in [-0.39, 0.29) is 6.10 Å². The molecule has 114 valence electrons. The van der Waals surface area contributed by atoms with Crippen LogP contribution in [0.1, 0.15) is 36.0 Å². The van der Waals surface area contributed by atoms with Crippen LogP contribution < -0.4 is 4.74 Å². The number of hydrogen-bond donors (Lipinski definition) is 0. The first-order valence-electron chi connectivity index (χ1n) is 7.58. The van der Waals surface area contributed by atoms with Crippen molar-refractivity contribution in [1.29, 1.82) is 0 Å². The van der Waals surface area contributed by atoms with Crippen LogP contribution in [0.5, 0.6) is 5.88 Å². The Morgan fingerprint density at radius 2 is 1.91 bits per heavy atom. The summed E-state index contributed by atoms with van der Waals surface area (Å²) in [6.07, 6.45) is 6.27. The van der Waals surface area contributed by atoms with E-state index in [9.17, 15) is 4.79 Å². The van der Waals surface area contributed by atoms with Crippen molar-refractivity contribution in [3.05, 3.63) is 48.2 Å². The molecule has 1 aromatic heterocycles. The number of rotatable bonds is 4. The van der Waals surface area contributed by atoms with E-state index in [1.165, 1.54) is 26.1 Å². The lowest BCUT2D eigenvalue weighted by molar-refractivity contribution is 0.0600. The second-order valence-electron chi connectivity index (χ2n) is 5.46. The molecule has 0 atom stereocenters. The zero-order valence-corrected chi connectivity index (χ0v) is 12.6. The topological polar surface area (TPSA) is 48.4 Å². The van der Waals surface area contributed by atoms with Crippen LogP contribution in [-0.4, -0.2) is 24.2 Å². The molecule has 1 heterocycles. The molecule has 1 saturated carbocycles. The number of aromatic nitrogens is 1. The van der Waals surface area contributed by atoms with Crippen LogP contribution in [0.15, 0.2) is 42.6 Å². The molecule has 22 heavy (non-hydrogen) atoms. The van der Waals surface area contributed by atoms with Gasteiger partial charge in [-0.05, 0) is 37.3 Å². The summed E-state index contributed by atoms with van der Waals surface area (Å²) < 4.78 is 10.8. The highest BCUT2D eigenvalue weighted by atomic mass is 16.5. The summed E-state index contributed by atoms with van der Waals surface area (Å²) in [5.74, 6) is 0.197. The molecule has 4 nitrogen and oxygen atoms in total. The number of carbonyl (C=O) groups is 1. The van der Waals surface area contributed by atoms with Crippen LogP contribution in [0.4, 0.5) is 0 Å². The van der Waals surface area contributed by atoms with E-state index in [1.54, 1.807) is 6.07 Å². The Morgan fingerprint density at radius 3 is 2.59 bits per heavy atom. The summed E-state index contributed by atoms with van der Waals surface area (Å²) in [5, 5.41) is 0. The predicted molar refractivity (Wildman–Crippen MR) is 83.9 cm³/mol. The van der Waals surface area contributed by atoms with Crippen molar-refractivity contribution in [1.82, 2.24) is 4.98 Å². The minimum absolute atomic E-state index is 0.221. The van der Waals surface area contributed by atoms with Gasteiger partial charge in [-0.2, -0.15) is 0 Å². The van der Waals surface area contributed by atoms with E-state index in [0.29, 0.717) is 11.4 Å². The third-order valence-electron chi connectivity index (χ3n) is 3.94. The Kier molecular flexibility index (Phi) is 4.37. The Labute approximate surface area is 130 Å². The number of nitrogens with zero attached hydrogens (tertiary/aromatic N) is 1. The molecule has 0 N–H and O–H groups in total. The van der Waals surface area contributed by atoms with Gasteiger partial charge in [-0.25, -0.2) is 9.78 Å². The second-order valence-corrected chi connectivity index (χ2v) is 5.46. The van der Waals surface area contributed by atoms with Gasteiger partial charge in [0.2, 0.25) is 5.88 Å². The Bertz CT molecular complexity index is 649. The van der Waals surface area contributed by atoms with Gasteiger partial charge in [0.25, 0.3) is 0 Å². The first kappa shape index (κ1) is 14.6. The largest absolute Gasteiger partial charge is 0.474 e. The monoisotopic (exact) mass is 297 g/mol. The summed E-state index contributed by atoms with van der Waals surface area (Å²) >= 11 is 0. The average Bonchev–Trinajstić information content (AvgIpc) is 3.08. The van der Waals surface area contributed by atoms with Crippen molar-refractivity contribution >= 4 is 5.97 Å². The Balaban J connectivity index is 1.98. The molecule has 1 aliphatic carbocycles. The van der Waals surface area contributed by atoms with Crippen LogP contribution in [0.2, 0.25) is 0 Å². The van der Waals surface area contributed by atoms with Crippen molar-refractivity contribution in [2.75, 3.05) is 7.11 Å². The van der Waals surface area contributed by atoms with Crippen molar-refractivity contribution in [2.45, 2.75) is 31.8 Å². The molecular weight excluding hydrogens is 278 g/mol. The summed E-state index contributed by atoms with van der Waals surface area (Å²) in [7, 11) is 1.37. The van der Waals surface area contributed by atoms with E-state index >= 15 is 0 Å². The number of esters is 1. The van der Waals surface area contributed by atoms with Crippen molar-refractivity contribution in [2.24, 2.45) is 0 Å². The summed E-state index contributed by atoms with van der Waals surface area (Å²) in [6.45, 7) is 0. The molecule has 0 radical (unpaired) electrons. The lowest BCUT2D eigenvalue weighted by Gasteiger charge is -2.16. The SMILES string of the molecule is COC(=O)c1cnc(OC2CCCC2)c(-c2ccccc2)c1. The molecule has 0 aliphatic heterocycles. The highest BCUT2D eigenvalue weighted by Crippen LogP contribution is 2.32. The lowest BCUT2D eigenvalue weighted by Crippen LogP contribution is -2.13. The number of hydrogen-bond acceptors (Lipinski definition) is 4. The molecular formula is C18H19NO3. The van der Waals surface area contributed by atoms with E-state index in [0.717, 1.165) is 24.0 Å². The van der Waals surface area contributed by atoms with Crippen molar-refractivity contribution in [3.63, 3.8) is 0 Å². The maximum atomic E-state index is 11.7. The van der Waals surface area contributed by atoms with Gasteiger partial charge >= 0.3 is 5.97 Å². The van der Waals surface area contributed by atoms with Crippen molar-refractivity contribution < 1.29 is 14.3 Å². The highest BCUT2D eigenvalue weighted by Gasteiger charge is 2.20. The zero-order chi connectivity index (χ0) is 15.4. The van der Waals surface area contributed by atoms with E-state index < -0.39 is 5.97 Å². The predicted octanol–water partition coefficient (Wildman–Crippen LogP) is 3.86. The third kappa shape index (κ3) is 3.11. The van der Waals surface area contributed by atoms with Crippen LogP contribution in [0.3, 0.4) is 0 Å². The molecule has 0 unspecified atom stereocenters. The first-order chi connectivity index (χ1) is 10.8. The molecule has 2 aromatic rings. The zero-order valence-electron chi connectivity index (χ0n) is 12.6. The van der Waals surface area contributed by atoms with Gasteiger partial charge < -0.3 is 9.47 Å². The smallest absolute Gasteiger partial charge is 0.339 e. The van der Waals surface area contributed by atoms with Gasteiger partial charge in [0.05, 0.1) is 12.7 Å². The quantitative estimate of drug-likeness (QED) is 0.804. The molecule has 4 heteroatoms. The van der Waals surface area contributed by atoms with E-state index in [1.807, 2.05) is 30.3 Å². The summed E-state index contributed by atoms with van der Waals surface area (Å²) in [5.41, 5.74) is 2.24. The molecule has 1 fully saturated rings. The maximum absolute atomic E-state index is 11.7. The van der Waals surface area contributed by atoms with Crippen molar-refractivity contribution in [3.8, 4) is 17.0 Å². The number of pyridine rings is 1. The fraction of sp³-hybridized carbons (Fsp3) is 0.333. The maximum Gasteiger partial charge on any atom is 0.339 e. The standard InChI is InChI=1S/C18H19NO3/c1-21-18(20)14-11-16(13-7-3-2-4-8-13)17(19-12-14)22-15-9-5-6-10-15/h2-4,7-8,11-12,15H,5-6,9-10H2,1H3. The Hall–Kier alpha value is -2.36. The van der Waals surface area contributed by atoms with Gasteiger partial charge in [0.15, 0.2) is 0 Å². The number of benzene rings is 1.